The molecule has 0 aliphatic rings. The van der Waals surface area contributed by atoms with Crippen molar-refractivity contribution in [1.82, 2.24) is 9.97 Å². The molecule has 0 spiro atoms. The van der Waals surface area contributed by atoms with E-state index in [1.807, 2.05) is 43.5 Å². The number of benzene rings is 2. The molecule has 4 N–H and O–H groups in total. The number of aliphatic hydroxyl groups is 1. The van der Waals surface area contributed by atoms with Crippen LogP contribution in [0.4, 0.5) is 27.9 Å². The molecule has 2 aromatic heterocycles. The molecular weight excluding hydrogens is 508 g/mol. The van der Waals surface area contributed by atoms with Gasteiger partial charge in [-0.2, -0.15) is 4.98 Å². The van der Waals surface area contributed by atoms with Gasteiger partial charge in [0, 0.05) is 39.6 Å². The summed E-state index contributed by atoms with van der Waals surface area (Å²) in [6.07, 6.45) is 3.16. The minimum atomic E-state index is -2.96. The third kappa shape index (κ3) is 6.91. The Kier molecular flexibility index (Phi) is 8.17. The van der Waals surface area contributed by atoms with Gasteiger partial charge in [0.2, 0.25) is 5.95 Å². The number of carbonyl (C=O) groups is 1. The van der Waals surface area contributed by atoms with E-state index in [-0.39, 0.29) is 12.6 Å². The molecule has 37 heavy (non-hydrogen) atoms. The first-order valence-electron chi connectivity index (χ1n) is 11.5. The normalized spacial score (nSPS) is 13.3. The summed E-state index contributed by atoms with van der Waals surface area (Å²) in [6, 6.07) is 17.1. The van der Waals surface area contributed by atoms with Gasteiger partial charge in [0.15, 0.2) is 0 Å². The zero-order valence-electron chi connectivity index (χ0n) is 20.6. The topological polar surface area (TPSA) is 129 Å². The predicted molar refractivity (Wildman–Crippen MR) is 150 cm³/mol. The molecule has 0 aliphatic heterocycles. The van der Waals surface area contributed by atoms with E-state index in [4.69, 9.17) is 0 Å². The van der Waals surface area contributed by atoms with E-state index in [0.29, 0.717) is 28.0 Å². The molecule has 2 amide bonds. The number of amides is 2. The molecule has 4 aromatic rings. The van der Waals surface area contributed by atoms with Crippen LogP contribution in [0.2, 0.25) is 0 Å². The van der Waals surface area contributed by atoms with Crippen LogP contribution >= 0.6 is 11.3 Å². The van der Waals surface area contributed by atoms with Crippen molar-refractivity contribution in [1.29, 1.82) is 0 Å². The van der Waals surface area contributed by atoms with Crippen LogP contribution in [0.25, 0.3) is 10.4 Å². The van der Waals surface area contributed by atoms with Gasteiger partial charge in [-0.1, -0.05) is 23.8 Å². The molecule has 1 unspecified atom stereocenters. The number of aryl methyl sites for hydroxylation is 1. The van der Waals surface area contributed by atoms with E-state index in [1.165, 1.54) is 6.26 Å². The molecule has 11 heteroatoms. The lowest BCUT2D eigenvalue weighted by molar-refractivity contribution is 0.260. The number of aliphatic hydroxyl groups excluding tert-OH is 1. The minimum Gasteiger partial charge on any atom is -0.394 e. The fourth-order valence-corrected chi connectivity index (χ4v) is 5.20. The molecule has 9 nitrogen and oxygen atoms in total. The van der Waals surface area contributed by atoms with Crippen LogP contribution in [0.3, 0.4) is 0 Å². The van der Waals surface area contributed by atoms with Gasteiger partial charge in [-0.25, -0.2) is 14.0 Å². The highest BCUT2D eigenvalue weighted by Crippen LogP contribution is 2.31. The summed E-state index contributed by atoms with van der Waals surface area (Å²) in [6.45, 7) is 3.77. The molecule has 192 valence electrons. The summed E-state index contributed by atoms with van der Waals surface area (Å²) < 4.78 is 17.0. The van der Waals surface area contributed by atoms with E-state index >= 15 is 0 Å². The Bertz CT molecular complexity index is 1480. The smallest absolute Gasteiger partial charge is 0.353 e. The number of nitrogens with zero attached hydrogens (tertiary/aromatic N) is 3. The summed E-state index contributed by atoms with van der Waals surface area (Å²) >= 11 is 1.58. The van der Waals surface area contributed by atoms with Crippen molar-refractivity contribution >= 4 is 50.2 Å². The van der Waals surface area contributed by atoms with Crippen LogP contribution in [-0.4, -0.2) is 44.2 Å². The summed E-state index contributed by atoms with van der Waals surface area (Å²) in [7, 11) is -2.96. The van der Waals surface area contributed by atoms with Crippen LogP contribution in [-0.2, 0) is 9.73 Å². The maximum absolute atomic E-state index is 13.1. The maximum Gasteiger partial charge on any atom is 0.353 e. The molecule has 0 fully saturated rings. The monoisotopic (exact) mass is 536 g/mol. The number of hydrogen-bond acceptors (Lipinski definition) is 8. The van der Waals surface area contributed by atoms with Crippen molar-refractivity contribution in [3.05, 3.63) is 77.8 Å². The number of carbonyl (C=O) groups excluding carboxylic acids is 1. The molecule has 0 saturated carbocycles. The summed E-state index contributed by atoms with van der Waals surface area (Å²) in [5.74, 6) is 0.966. The van der Waals surface area contributed by atoms with Gasteiger partial charge in [-0.15, -0.1) is 15.7 Å². The van der Waals surface area contributed by atoms with E-state index in [0.717, 1.165) is 16.0 Å². The van der Waals surface area contributed by atoms with E-state index in [1.54, 1.807) is 53.9 Å². The number of aromatic nitrogens is 2. The molecule has 0 bridgehead atoms. The molecular formula is C26H28N6O3S2. The minimum absolute atomic E-state index is 0.0392. The van der Waals surface area contributed by atoms with Crippen molar-refractivity contribution in [3.8, 4) is 10.4 Å². The van der Waals surface area contributed by atoms with Crippen molar-refractivity contribution < 1.29 is 14.1 Å². The van der Waals surface area contributed by atoms with Crippen LogP contribution in [0.1, 0.15) is 12.5 Å². The molecule has 2 heterocycles. The Labute approximate surface area is 220 Å². The second-order valence-corrected chi connectivity index (χ2v) is 11.7. The fraction of sp³-hybridized carbons (Fsp3) is 0.192. The third-order valence-electron chi connectivity index (χ3n) is 5.34. The number of nitrogens with one attached hydrogen (secondary N) is 3. The number of urea groups is 1. The summed E-state index contributed by atoms with van der Waals surface area (Å²) in [5, 5.41) is 20.5. The van der Waals surface area contributed by atoms with Gasteiger partial charge < -0.3 is 21.1 Å². The average molecular weight is 537 g/mol. The van der Waals surface area contributed by atoms with Gasteiger partial charge in [-0.05, 0) is 61.7 Å². The van der Waals surface area contributed by atoms with E-state index in [9.17, 15) is 14.1 Å². The van der Waals surface area contributed by atoms with Gasteiger partial charge >= 0.3 is 6.03 Å². The molecule has 0 saturated heterocycles. The zero-order valence-corrected chi connectivity index (χ0v) is 22.3. The summed E-state index contributed by atoms with van der Waals surface area (Å²) in [5.41, 5.74) is 3.17. The van der Waals surface area contributed by atoms with Crippen molar-refractivity contribution in [2.75, 3.05) is 28.8 Å². The fourth-order valence-electron chi connectivity index (χ4n) is 3.36. The van der Waals surface area contributed by atoms with Gasteiger partial charge in [0.1, 0.15) is 5.82 Å². The number of rotatable bonds is 8. The molecule has 4 rings (SSSR count). The lowest BCUT2D eigenvalue weighted by Gasteiger charge is -2.16. The zero-order chi connectivity index (χ0) is 26.4. The van der Waals surface area contributed by atoms with Crippen LogP contribution < -0.4 is 16.0 Å². The number of thiophene rings is 1. The quantitative estimate of drug-likeness (QED) is 0.226. The first kappa shape index (κ1) is 26.3. The lowest BCUT2D eigenvalue weighted by Crippen LogP contribution is -2.21. The molecule has 0 radical (unpaired) electrons. The first-order valence-corrected chi connectivity index (χ1v) is 14.3. The Morgan fingerprint density at radius 1 is 1.11 bits per heavy atom. The van der Waals surface area contributed by atoms with Gasteiger partial charge in [-0.3, -0.25) is 0 Å². The SMILES string of the molecule is Cc1ccc(NC(=O)N=S(C)(=O)c2ccc(Nc3ncc(-c4cccs4)c(N[C@H](C)CO)n3)cc2)cc1. The lowest BCUT2D eigenvalue weighted by atomic mass is 10.2. The standard InChI is InChI=1S/C26H28N6O3S2/c1-17-6-8-20(9-7-17)30-26(34)32-37(3,35)21-12-10-19(11-13-21)29-25-27-15-22(23-5-4-14-36-23)24(31-25)28-18(2)16-33/h4-15,18,33H,16H2,1-3H3,(H,30,34)(H2,27,28,29,31)/t18-,37?/m1/s1. The first-order chi connectivity index (χ1) is 17.7. The highest BCUT2D eigenvalue weighted by atomic mass is 32.2. The Hall–Kier alpha value is -3.80. The van der Waals surface area contributed by atoms with Gasteiger partial charge in [0.25, 0.3) is 0 Å². The largest absolute Gasteiger partial charge is 0.394 e. The second-order valence-electron chi connectivity index (χ2n) is 8.50. The summed E-state index contributed by atoms with van der Waals surface area (Å²) in [4.78, 5) is 22.8. The highest BCUT2D eigenvalue weighted by Gasteiger charge is 2.14. The molecule has 0 aliphatic carbocycles. The Morgan fingerprint density at radius 2 is 1.81 bits per heavy atom. The van der Waals surface area contributed by atoms with Crippen molar-refractivity contribution in [2.45, 2.75) is 24.8 Å². The highest BCUT2D eigenvalue weighted by molar-refractivity contribution is 7.93. The average Bonchev–Trinajstić information content (AvgIpc) is 3.40. The number of hydrogen-bond donors (Lipinski definition) is 4. The van der Waals surface area contributed by atoms with Crippen molar-refractivity contribution in [2.24, 2.45) is 4.36 Å². The number of anilines is 4. The Balaban J connectivity index is 1.50. The van der Waals surface area contributed by atoms with Crippen molar-refractivity contribution in [3.63, 3.8) is 0 Å². The van der Waals surface area contributed by atoms with E-state index in [2.05, 4.69) is 30.3 Å². The predicted octanol–water partition coefficient (Wildman–Crippen LogP) is 5.74. The molecule has 2 aromatic carbocycles. The Morgan fingerprint density at radius 3 is 2.46 bits per heavy atom. The second kappa shape index (κ2) is 11.5. The van der Waals surface area contributed by atoms with Gasteiger partial charge in [0.05, 0.1) is 21.9 Å². The van der Waals surface area contributed by atoms with Crippen LogP contribution in [0.15, 0.2) is 81.5 Å². The maximum atomic E-state index is 13.1. The van der Waals surface area contributed by atoms with Crippen LogP contribution in [0, 0.1) is 6.92 Å². The van der Waals surface area contributed by atoms with Crippen LogP contribution in [0.5, 0.6) is 0 Å². The van der Waals surface area contributed by atoms with E-state index < -0.39 is 15.8 Å². The third-order valence-corrected chi connectivity index (χ3v) is 7.90. The molecule has 2 atom stereocenters.